The van der Waals surface area contributed by atoms with Crippen LogP contribution in [0.2, 0.25) is 0 Å². The van der Waals surface area contributed by atoms with E-state index in [1.54, 1.807) is 6.07 Å². The van der Waals surface area contributed by atoms with Gasteiger partial charge < -0.3 is 14.3 Å². The van der Waals surface area contributed by atoms with Gasteiger partial charge in [-0.15, -0.1) is 0 Å². The van der Waals surface area contributed by atoms with Crippen LogP contribution in [0.25, 0.3) is 22.3 Å². The third kappa shape index (κ3) is 1.34. The van der Waals surface area contributed by atoms with Gasteiger partial charge in [0, 0.05) is 5.56 Å². The summed E-state index contributed by atoms with van der Waals surface area (Å²) in [4.78, 5) is 17.8. The molecule has 0 spiro atoms. The standard InChI is InChI=1S/C12H9O3P/c13-16(14)15-11-7-3-6-10-8-4-1-2-5-9(8)12(10)11/h1-7,13-14H. The summed E-state index contributed by atoms with van der Waals surface area (Å²) in [7, 11) is -2.36. The minimum absolute atomic E-state index is 0.535. The highest BCUT2D eigenvalue weighted by molar-refractivity contribution is 7.39. The van der Waals surface area contributed by atoms with Gasteiger partial charge >= 0.3 is 8.60 Å². The van der Waals surface area contributed by atoms with Crippen molar-refractivity contribution in [1.82, 2.24) is 0 Å². The molecule has 0 bridgehead atoms. The van der Waals surface area contributed by atoms with Gasteiger partial charge in [-0.25, -0.2) is 0 Å². The Morgan fingerprint density at radius 3 is 2.25 bits per heavy atom. The summed E-state index contributed by atoms with van der Waals surface area (Å²) in [6, 6.07) is 13.6. The predicted octanol–water partition coefficient (Wildman–Crippen LogP) is 2.92. The lowest BCUT2D eigenvalue weighted by molar-refractivity contribution is 0.375. The molecule has 0 amide bonds. The molecule has 2 aromatic carbocycles. The van der Waals surface area contributed by atoms with Crippen LogP contribution in [0.4, 0.5) is 0 Å². The molecule has 80 valence electrons. The van der Waals surface area contributed by atoms with Gasteiger partial charge in [-0.1, -0.05) is 36.4 Å². The van der Waals surface area contributed by atoms with E-state index in [1.807, 2.05) is 36.4 Å². The molecule has 1 aliphatic rings. The van der Waals surface area contributed by atoms with Crippen LogP contribution in [0, 0.1) is 0 Å². The van der Waals surface area contributed by atoms with E-state index in [4.69, 9.17) is 14.3 Å². The first-order valence-electron chi connectivity index (χ1n) is 4.86. The molecular weight excluding hydrogens is 223 g/mol. The van der Waals surface area contributed by atoms with Crippen molar-refractivity contribution in [2.24, 2.45) is 0 Å². The summed E-state index contributed by atoms with van der Waals surface area (Å²) >= 11 is 0. The highest BCUT2D eigenvalue weighted by atomic mass is 31.2. The third-order valence-corrected chi connectivity index (χ3v) is 3.05. The second-order valence-corrected chi connectivity index (χ2v) is 4.26. The van der Waals surface area contributed by atoms with Crippen molar-refractivity contribution in [3.05, 3.63) is 42.5 Å². The van der Waals surface area contributed by atoms with E-state index in [2.05, 4.69) is 0 Å². The van der Waals surface area contributed by atoms with Gasteiger partial charge in [-0.2, -0.15) is 0 Å². The van der Waals surface area contributed by atoms with Crippen LogP contribution in [0.1, 0.15) is 0 Å². The molecule has 0 saturated heterocycles. The van der Waals surface area contributed by atoms with E-state index in [9.17, 15) is 0 Å². The highest BCUT2D eigenvalue weighted by Crippen LogP contribution is 2.52. The van der Waals surface area contributed by atoms with Crippen molar-refractivity contribution in [2.75, 3.05) is 0 Å². The topological polar surface area (TPSA) is 49.7 Å². The van der Waals surface area contributed by atoms with Crippen molar-refractivity contribution in [3.63, 3.8) is 0 Å². The summed E-state index contributed by atoms with van der Waals surface area (Å²) < 4.78 is 5.01. The fourth-order valence-corrected chi connectivity index (χ4v) is 2.40. The van der Waals surface area contributed by atoms with E-state index in [0.717, 1.165) is 16.7 Å². The molecule has 3 nitrogen and oxygen atoms in total. The van der Waals surface area contributed by atoms with Crippen LogP contribution < -0.4 is 4.52 Å². The summed E-state index contributed by atoms with van der Waals surface area (Å²) in [5, 5.41) is 0. The Bertz CT molecular complexity index is 552. The zero-order valence-electron chi connectivity index (χ0n) is 8.29. The zero-order chi connectivity index (χ0) is 11.1. The van der Waals surface area contributed by atoms with E-state index in [1.165, 1.54) is 5.56 Å². The molecule has 0 unspecified atom stereocenters. The predicted molar refractivity (Wildman–Crippen MR) is 62.9 cm³/mol. The Labute approximate surface area is 93.9 Å². The normalized spacial score (nSPS) is 11.7. The lowest BCUT2D eigenvalue weighted by atomic mass is 9.80. The van der Waals surface area contributed by atoms with Crippen molar-refractivity contribution in [2.45, 2.75) is 0 Å². The molecule has 0 aliphatic heterocycles. The first-order chi connectivity index (χ1) is 7.77. The average molecular weight is 232 g/mol. The van der Waals surface area contributed by atoms with Gasteiger partial charge in [-0.3, -0.25) is 0 Å². The lowest BCUT2D eigenvalue weighted by Gasteiger charge is -2.26. The van der Waals surface area contributed by atoms with Gasteiger partial charge in [0.05, 0.1) is 0 Å². The number of hydrogen-bond acceptors (Lipinski definition) is 3. The Kier molecular flexibility index (Phi) is 2.18. The maximum absolute atomic E-state index is 8.89. The minimum atomic E-state index is -2.36. The minimum Gasteiger partial charge on any atom is -0.426 e. The van der Waals surface area contributed by atoms with Gasteiger partial charge in [0.1, 0.15) is 5.75 Å². The largest absolute Gasteiger partial charge is 0.426 e. The Morgan fingerprint density at radius 2 is 1.50 bits per heavy atom. The van der Waals surface area contributed by atoms with Crippen molar-refractivity contribution in [3.8, 4) is 28.0 Å². The highest BCUT2D eigenvalue weighted by Gasteiger charge is 2.26. The fraction of sp³-hybridized carbons (Fsp3) is 0. The van der Waals surface area contributed by atoms with Gasteiger partial charge in [-0.05, 0) is 22.8 Å². The zero-order valence-corrected chi connectivity index (χ0v) is 9.19. The summed E-state index contributed by atoms with van der Waals surface area (Å²) in [5.74, 6) is 0.535. The Morgan fingerprint density at radius 1 is 0.812 bits per heavy atom. The Hall–Kier alpha value is -1.41. The van der Waals surface area contributed by atoms with Gasteiger partial charge in [0.25, 0.3) is 0 Å². The molecule has 1 aliphatic carbocycles. The van der Waals surface area contributed by atoms with E-state index >= 15 is 0 Å². The molecule has 0 aromatic heterocycles. The lowest BCUT2D eigenvalue weighted by Crippen LogP contribution is -2.00. The van der Waals surface area contributed by atoms with E-state index in [0.29, 0.717) is 5.75 Å². The summed E-state index contributed by atoms with van der Waals surface area (Å²) in [6.07, 6.45) is 0. The molecule has 2 N–H and O–H groups in total. The fourth-order valence-electron chi connectivity index (χ4n) is 2.07. The van der Waals surface area contributed by atoms with Crippen LogP contribution in [-0.4, -0.2) is 9.79 Å². The second kappa shape index (κ2) is 3.56. The van der Waals surface area contributed by atoms with Crippen LogP contribution >= 0.6 is 8.60 Å². The summed E-state index contributed by atoms with van der Waals surface area (Å²) in [6.45, 7) is 0. The van der Waals surface area contributed by atoms with Crippen molar-refractivity contribution in [1.29, 1.82) is 0 Å². The number of rotatable bonds is 2. The maximum Gasteiger partial charge on any atom is 0.391 e. The molecule has 2 aromatic rings. The molecule has 0 fully saturated rings. The summed E-state index contributed by atoms with van der Waals surface area (Å²) in [5.41, 5.74) is 4.35. The Balaban J connectivity index is 2.11. The van der Waals surface area contributed by atoms with Crippen LogP contribution in [-0.2, 0) is 0 Å². The molecule has 0 atom stereocenters. The van der Waals surface area contributed by atoms with Crippen molar-refractivity contribution >= 4 is 8.60 Å². The number of benzene rings is 2. The number of hydrogen-bond donors (Lipinski definition) is 2. The maximum atomic E-state index is 8.89. The molecule has 3 rings (SSSR count). The monoisotopic (exact) mass is 232 g/mol. The molecule has 0 radical (unpaired) electrons. The van der Waals surface area contributed by atoms with Gasteiger partial charge in [0.15, 0.2) is 0 Å². The first-order valence-corrected chi connectivity index (χ1v) is 6.02. The second-order valence-electron chi connectivity index (χ2n) is 3.57. The van der Waals surface area contributed by atoms with Crippen LogP contribution in [0.15, 0.2) is 42.5 Å². The molecule has 16 heavy (non-hydrogen) atoms. The van der Waals surface area contributed by atoms with Crippen LogP contribution in [0.3, 0.4) is 0 Å². The quantitative estimate of drug-likeness (QED) is 0.668. The molecule has 4 heteroatoms. The molecule has 0 saturated carbocycles. The average Bonchev–Trinajstić information content (AvgIpc) is 2.24. The SMILES string of the molecule is OP(O)Oc1cccc2c1-c1ccccc1-2. The molecule has 0 heterocycles. The smallest absolute Gasteiger partial charge is 0.391 e. The van der Waals surface area contributed by atoms with Crippen molar-refractivity contribution < 1.29 is 14.3 Å². The molecular formula is C12H9O3P. The first kappa shape index (κ1) is 9.79. The van der Waals surface area contributed by atoms with E-state index < -0.39 is 8.60 Å². The van der Waals surface area contributed by atoms with Gasteiger partial charge in [0.2, 0.25) is 0 Å². The number of fused-ring (bicyclic) bond motifs is 4. The third-order valence-electron chi connectivity index (χ3n) is 2.69. The van der Waals surface area contributed by atoms with E-state index in [-0.39, 0.29) is 0 Å². The van der Waals surface area contributed by atoms with Crippen LogP contribution in [0.5, 0.6) is 5.75 Å².